The molecule has 1 saturated carbocycles. The van der Waals surface area contributed by atoms with E-state index >= 15 is 0 Å². The molecule has 5 N–H and O–H groups in total. The van der Waals surface area contributed by atoms with Crippen LogP contribution < -0.4 is 20.8 Å². The lowest BCUT2D eigenvalue weighted by atomic mass is 10.0. The van der Waals surface area contributed by atoms with E-state index in [9.17, 15) is 14.0 Å². The molecule has 0 radical (unpaired) electrons. The summed E-state index contributed by atoms with van der Waals surface area (Å²) in [5, 5.41) is 8.89. The summed E-state index contributed by atoms with van der Waals surface area (Å²) in [6.07, 6.45) is 7.92. The van der Waals surface area contributed by atoms with Crippen LogP contribution in [0.25, 0.3) is 10.9 Å². The van der Waals surface area contributed by atoms with Gasteiger partial charge in [-0.15, -0.1) is 6.42 Å². The van der Waals surface area contributed by atoms with Crippen LogP contribution in [0, 0.1) is 18.2 Å². The van der Waals surface area contributed by atoms with Gasteiger partial charge in [0.05, 0.1) is 28.4 Å². The first-order valence-electron chi connectivity index (χ1n) is 8.70. The minimum atomic E-state index is -1.60. The third-order valence-corrected chi connectivity index (χ3v) is 5.03. The van der Waals surface area contributed by atoms with Crippen LogP contribution in [0.4, 0.5) is 14.9 Å². The van der Waals surface area contributed by atoms with Crippen molar-refractivity contribution in [3.63, 3.8) is 0 Å². The van der Waals surface area contributed by atoms with Crippen molar-refractivity contribution in [1.82, 2.24) is 4.57 Å². The molecule has 0 spiro atoms. The van der Waals surface area contributed by atoms with Gasteiger partial charge in [-0.2, -0.15) is 0 Å². The largest absolute Gasteiger partial charge is 0.511 e. The van der Waals surface area contributed by atoms with E-state index in [1.165, 1.54) is 6.20 Å². The molecule has 2 heterocycles. The van der Waals surface area contributed by atoms with Crippen LogP contribution in [-0.4, -0.2) is 40.4 Å². The molecular formula is C19H20FN3O5. The number of carboxylic acid groups (broad SMARTS) is 1. The first-order chi connectivity index (χ1) is 12.9. The molecule has 2 fully saturated rings. The Hall–Kier alpha value is -3.09. The molecule has 9 heteroatoms. The highest BCUT2D eigenvalue weighted by Crippen LogP contribution is 2.41. The van der Waals surface area contributed by atoms with Gasteiger partial charge in [-0.3, -0.25) is 4.79 Å². The van der Waals surface area contributed by atoms with Crippen molar-refractivity contribution in [2.24, 2.45) is 5.73 Å². The number of carbonyl (C=O) groups is 1. The van der Waals surface area contributed by atoms with Crippen molar-refractivity contribution in [1.29, 1.82) is 0 Å². The van der Waals surface area contributed by atoms with E-state index < -0.39 is 17.4 Å². The number of hydrogen-bond acceptors (Lipinski definition) is 5. The Morgan fingerprint density at radius 1 is 1.39 bits per heavy atom. The van der Waals surface area contributed by atoms with Gasteiger partial charge in [-0.25, -0.2) is 9.18 Å². The van der Waals surface area contributed by atoms with Gasteiger partial charge in [-0.05, 0) is 25.3 Å². The molecule has 1 aromatic heterocycles. The first-order valence-corrected chi connectivity index (χ1v) is 8.70. The molecular weight excluding hydrogens is 369 g/mol. The number of nitrogens with zero attached hydrogens (tertiary/aromatic N) is 2. The van der Waals surface area contributed by atoms with Gasteiger partial charge in [0.15, 0.2) is 5.75 Å². The molecule has 4 rings (SSSR count). The predicted octanol–water partition coefficient (Wildman–Crippen LogP) is 1.23. The summed E-state index contributed by atoms with van der Waals surface area (Å²) in [5.41, 5.74) is 6.22. The standard InChI is InChI=1S/C19H18FN3O4.H2O/c1-2-12-16-13(7-14(20)17(12)22-6-5-10(21)8-22)18(24)15(27-19(25)26)9-23(16)11-3-4-11;/h1,7,9-11H,3-6,8,21H2,(H,25,26);1H2. The fraction of sp³-hybridized carbons (Fsp3) is 0.368. The maximum absolute atomic E-state index is 15.0. The Labute approximate surface area is 159 Å². The van der Waals surface area contributed by atoms with Gasteiger partial charge in [0, 0.05) is 25.2 Å². The maximum Gasteiger partial charge on any atom is 0.511 e. The SMILES string of the molecule is C#Cc1c(N2CCC(N)C2)c(F)cc2c(=O)c(OC(=O)O)cn(C3CC3)c12.O. The molecule has 2 aliphatic rings. The highest BCUT2D eigenvalue weighted by molar-refractivity contribution is 5.92. The second-order valence-electron chi connectivity index (χ2n) is 6.95. The van der Waals surface area contributed by atoms with Gasteiger partial charge in [0.2, 0.25) is 5.43 Å². The van der Waals surface area contributed by atoms with Crippen molar-refractivity contribution >= 4 is 22.7 Å². The third-order valence-electron chi connectivity index (χ3n) is 5.03. The monoisotopic (exact) mass is 389 g/mol. The zero-order valence-electron chi connectivity index (χ0n) is 14.9. The van der Waals surface area contributed by atoms with E-state index in [2.05, 4.69) is 10.7 Å². The van der Waals surface area contributed by atoms with Crippen LogP contribution in [0.1, 0.15) is 30.9 Å². The zero-order valence-corrected chi connectivity index (χ0v) is 14.9. The highest BCUT2D eigenvalue weighted by atomic mass is 19.1. The quantitative estimate of drug-likeness (QED) is 0.600. The fourth-order valence-electron chi connectivity index (χ4n) is 3.70. The smallest absolute Gasteiger partial charge is 0.449 e. The second kappa shape index (κ2) is 7.14. The number of nitrogens with two attached hydrogens (primary N) is 1. The van der Waals surface area contributed by atoms with E-state index in [1.807, 2.05) is 0 Å². The van der Waals surface area contributed by atoms with Gasteiger partial charge < -0.3 is 30.5 Å². The number of aromatic nitrogens is 1. The van der Waals surface area contributed by atoms with Crippen molar-refractivity contribution in [2.45, 2.75) is 31.3 Å². The summed E-state index contributed by atoms with van der Waals surface area (Å²) in [4.78, 5) is 25.4. The van der Waals surface area contributed by atoms with Gasteiger partial charge in [-0.1, -0.05) is 5.92 Å². The first kappa shape index (κ1) is 19.7. The van der Waals surface area contributed by atoms with Crippen LogP contribution in [0.15, 0.2) is 17.1 Å². The molecule has 1 unspecified atom stereocenters. The third kappa shape index (κ3) is 3.17. The molecule has 1 aliphatic carbocycles. The number of pyridine rings is 1. The molecule has 2 aromatic rings. The maximum atomic E-state index is 15.0. The summed E-state index contributed by atoms with van der Waals surface area (Å²) >= 11 is 0. The molecule has 8 nitrogen and oxygen atoms in total. The number of terminal acetylenes is 1. The van der Waals surface area contributed by atoms with Crippen molar-refractivity contribution < 1.29 is 24.5 Å². The van der Waals surface area contributed by atoms with Gasteiger partial charge in [0.1, 0.15) is 5.82 Å². The molecule has 28 heavy (non-hydrogen) atoms. The molecule has 148 valence electrons. The molecule has 1 saturated heterocycles. The predicted molar refractivity (Wildman–Crippen MR) is 101 cm³/mol. The lowest BCUT2D eigenvalue weighted by Gasteiger charge is -2.23. The summed E-state index contributed by atoms with van der Waals surface area (Å²) in [6, 6.07) is 1.11. The minimum absolute atomic E-state index is 0. The van der Waals surface area contributed by atoms with E-state index in [4.69, 9.17) is 17.3 Å². The number of ether oxygens (including phenoxy) is 1. The Morgan fingerprint density at radius 3 is 2.64 bits per heavy atom. The molecule has 1 aliphatic heterocycles. The van der Waals surface area contributed by atoms with E-state index in [0.29, 0.717) is 18.6 Å². The molecule has 1 atom stereocenters. The molecule has 0 amide bonds. The Bertz CT molecular complexity index is 1050. The summed E-state index contributed by atoms with van der Waals surface area (Å²) in [5.74, 6) is 1.55. The van der Waals surface area contributed by atoms with Crippen LogP contribution in [-0.2, 0) is 0 Å². The number of benzene rings is 1. The lowest BCUT2D eigenvalue weighted by Crippen LogP contribution is -2.28. The van der Waals surface area contributed by atoms with Crippen LogP contribution >= 0.6 is 0 Å². The Morgan fingerprint density at radius 2 is 2.11 bits per heavy atom. The normalized spacial score (nSPS) is 18.6. The number of halogens is 1. The van der Waals surface area contributed by atoms with E-state index in [1.54, 1.807) is 9.47 Å². The van der Waals surface area contributed by atoms with Crippen molar-refractivity contribution in [3.8, 4) is 18.1 Å². The number of fused-ring (bicyclic) bond motifs is 1. The average molecular weight is 389 g/mol. The van der Waals surface area contributed by atoms with E-state index in [0.717, 1.165) is 25.3 Å². The van der Waals surface area contributed by atoms with Gasteiger partial charge in [0.25, 0.3) is 0 Å². The second-order valence-corrected chi connectivity index (χ2v) is 6.95. The van der Waals surface area contributed by atoms with Crippen LogP contribution in [0.5, 0.6) is 5.75 Å². The molecule has 0 bridgehead atoms. The van der Waals surface area contributed by atoms with Crippen LogP contribution in [0.2, 0.25) is 0 Å². The minimum Gasteiger partial charge on any atom is -0.449 e. The fourth-order valence-corrected chi connectivity index (χ4v) is 3.70. The average Bonchev–Trinajstić information content (AvgIpc) is 3.37. The van der Waals surface area contributed by atoms with E-state index in [-0.39, 0.29) is 39.9 Å². The number of rotatable bonds is 3. The highest BCUT2D eigenvalue weighted by Gasteiger charge is 2.31. The van der Waals surface area contributed by atoms with Crippen molar-refractivity contribution in [2.75, 3.05) is 18.0 Å². The topological polar surface area (TPSA) is 129 Å². The number of hydrogen-bond donors (Lipinski definition) is 2. The Kier molecular flexibility index (Phi) is 5.02. The lowest BCUT2D eigenvalue weighted by molar-refractivity contribution is 0.143. The summed E-state index contributed by atoms with van der Waals surface area (Å²) in [7, 11) is 0. The molecule has 1 aromatic carbocycles. The zero-order chi connectivity index (χ0) is 19.3. The number of anilines is 1. The van der Waals surface area contributed by atoms with Crippen molar-refractivity contribution in [3.05, 3.63) is 33.9 Å². The summed E-state index contributed by atoms with van der Waals surface area (Å²) in [6.45, 7) is 1.05. The van der Waals surface area contributed by atoms with Gasteiger partial charge >= 0.3 is 6.16 Å². The summed E-state index contributed by atoms with van der Waals surface area (Å²) < 4.78 is 21.3. The Balaban J connectivity index is 0.00000225. The van der Waals surface area contributed by atoms with Crippen LogP contribution in [0.3, 0.4) is 0 Å².